The van der Waals surface area contributed by atoms with E-state index in [1.165, 1.54) is 31.2 Å². The van der Waals surface area contributed by atoms with Gasteiger partial charge in [0.25, 0.3) is 5.91 Å². The molecule has 0 unspecified atom stereocenters. The number of carbonyl (C=O) groups excluding carboxylic acids is 2. The number of rotatable bonds is 3. The number of anilines is 2. The largest absolute Gasteiger partial charge is 0.416 e. The number of alkyl halides is 6. The molecule has 0 saturated carbocycles. The zero-order chi connectivity index (χ0) is 20.4. The van der Waals surface area contributed by atoms with Gasteiger partial charge in [-0.1, -0.05) is 0 Å². The number of halogens is 6. The lowest BCUT2D eigenvalue weighted by Crippen LogP contribution is -2.17. The Balaban J connectivity index is 2.31. The van der Waals surface area contributed by atoms with Crippen molar-refractivity contribution in [3.8, 4) is 0 Å². The molecule has 144 valence electrons. The van der Waals surface area contributed by atoms with Crippen molar-refractivity contribution >= 4 is 23.2 Å². The van der Waals surface area contributed by atoms with Crippen molar-refractivity contribution in [2.24, 2.45) is 0 Å². The molecule has 0 heterocycles. The second kappa shape index (κ2) is 7.29. The smallest absolute Gasteiger partial charge is 0.326 e. The molecule has 2 aromatic carbocycles. The van der Waals surface area contributed by atoms with E-state index in [0.717, 1.165) is 0 Å². The lowest BCUT2D eigenvalue weighted by atomic mass is 10.0. The van der Waals surface area contributed by atoms with Crippen molar-refractivity contribution in [1.29, 1.82) is 0 Å². The highest BCUT2D eigenvalue weighted by atomic mass is 19.4. The van der Waals surface area contributed by atoms with Crippen molar-refractivity contribution in [3.63, 3.8) is 0 Å². The Morgan fingerprint density at radius 3 is 1.52 bits per heavy atom. The van der Waals surface area contributed by atoms with Crippen molar-refractivity contribution in [1.82, 2.24) is 0 Å². The first-order valence-corrected chi connectivity index (χ1v) is 7.35. The fourth-order valence-corrected chi connectivity index (χ4v) is 2.13. The van der Waals surface area contributed by atoms with Crippen LogP contribution in [0.5, 0.6) is 0 Å². The Labute approximate surface area is 149 Å². The fourth-order valence-electron chi connectivity index (χ4n) is 2.13. The standard InChI is InChI=1S/C17H12F6N2O2/c1-9(26)24-13-2-4-14(5-3-13)25-15(27)10-6-11(16(18,19)20)8-12(7-10)17(21,22)23/h2-8H,1H3,(H,24,26)(H,25,27). The molecule has 0 fully saturated rings. The molecule has 2 aromatic rings. The normalized spacial score (nSPS) is 11.8. The molecule has 0 aliphatic heterocycles. The van der Waals surface area contributed by atoms with Crippen LogP contribution in [0.25, 0.3) is 0 Å². The van der Waals surface area contributed by atoms with Crippen LogP contribution in [0.3, 0.4) is 0 Å². The molecule has 0 aromatic heterocycles. The Morgan fingerprint density at radius 1 is 0.741 bits per heavy atom. The molecular formula is C17H12F6N2O2. The lowest BCUT2D eigenvalue weighted by molar-refractivity contribution is -0.143. The highest BCUT2D eigenvalue weighted by Gasteiger charge is 2.37. The van der Waals surface area contributed by atoms with Crippen LogP contribution >= 0.6 is 0 Å². The topological polar surface area (TPSA) is 58.2 Å². The van der Waals surface area contributed by atoms with Crippen molar-refractivity contribution < 1.29 is 35.9 Å². The molecule has 2 amide bonds. The summed E-state index contributed by atoms with van der Waals surface area (Å²) in [6.45, 7) is 1.28. The molecule has 10 heteroatoms. The van der Waals surface area contributed by atoms with Crippen LogP contribution in [0.4, 0.5) is 37.7 Å². The van der Waals surface area contributed by atoms with E-state index in [9.17, 15) is 35.9 Å². The number of hydrogen-bond acceptors (Lipinski definition) is 2. The van der Waals surface area contributed by atoms with Crippen LogP contribution in [-0.4, -0.2) is 11.8 Å². The predicted molar refractivity (Wildman–Crippen MR) is 85.1 cm³/mol. The lowest BCUT2D eigenvalue weighted by Gasteiger charge is -2.14. The van der Waals surface area contributed by atoms with E-state index in [2.05, 4.69) is 10.6 Å². The highest BCUT2D eigenvalue weighted by molar-refractivity contribution is 6.04. The summed E-state index contributed by atoms with van der Waals surface area (Å²) in [5, 5.41) is 4.67. The fraction of sp³-hybridized carbons (Fsp3) is 0.176. The zero-order valence-electron chi connectivity index (χ0n) is 13.6. The number of carbonyl (C=O) groups is 2. The van der Waals surface area contributed by atoms with E-state index >= 15 is 0 Å². The van der Waals surface area contributed by atoms with E-state index < -0.39 is 35.0 Å². The maximum atomic E-state index is 12.8. The van der Waals surface area contributed by atoms with E-state index in [1.54, 1.807) is 0 Å². The summed E-state index contributed by atoms with van der Waals surface area (Å²) in [6.07, 6.45) is -10.1. The molecule has 0 saturated heterocycles. The van der Waals surface area contributed by atoms with Gasteiger partial charge in [-0.05, 0) is 42.5 Å². The van der Waals surface area contributed by atoms with Gasteiger partial charge >= 0.3 is 12.4 Å². The number of amides is 2. The maximum absolute atomic E-state index is 12.8. The maximum Gasteiger partial charge on any atom is 0.416 e. The van der Waals surface area contributed by atoms with E-state index in [4.69, 9.17) is 0 Å². The van der Waals surface area contributed by atoms with E-state index in [1.807, 2.05) is 0 Å². The Kier molecular flexibility index (Phi) is 5.48. The minimum Gasteiger partial charge on any atom is -0.326 e. The molecule has 0 aliphatic carbocycles. The summed E-state index contributed by atoms with van der Waals surface area (Å²) in [4.78, 5) is 23.0. The number of hydrogen-bond donors (Lipinski definition) is 2. The minimum absolute atomic E-state index is 0.0565. The molecule has 2 rings (SSSR count). The van der Waals surface area contributed by atoms with Gasteiger partial charge in [0.15, 0.2) is 0 Å². The van der Waals surface area contributed by atoms with Crippen LogP contribution in [0.2, 0.25) is 0 Å². The van der Waals surface area contributed by atoms with Crippen molar-refractivity contribution in [2.75, 3.05) is 10.6 Å². The van der Waals surface area contributed by atoms with Crippen molar-refractivity contribution in [3.05, 3.63) is 59.2 Å². The third-order valence-electron chi connectivity index (χ3n) is 3.31. The molecular weight excluding hydrogens is 378 g/mol. The molecule has 0 spiro atoms. The van der Waals surface area contributed by atoms with E-state index in [-0.39, 0.29) is 17.7 Å². The van der Waals surface area contributed by atoms with Crippen LogP contribution in [0.1, 0.15) is 28.4 Å². The van der Waals surface area contributed by atoms with Crippen molar-refractivity contribution in [2.45, 2.75) is 19.3 Å². The van der Waals surface area contributed by atoms with Crippen LogP contribution in [-0.2, 0) is 17.1 Å². The first-order valence-electron chi connectivity index (χ1n) is 7.35. The van der Waals surface area contributed by atoms with Crippen LogP contribution < -0.4 is 10.6 Å². The van der Waals surface area contributed by atoms with Gasteiger partial charge in [-0.3, -0.25) is 9.59 Å². The summed E-state index contributed by atoms with van der Waals surface area (Å²) >= 11 is 0. The molecule has 2 N–H and O–H groups in total. The van der Waals surface area contributed by atoms with Gasteiger partial charge < -0.3 is 10.6 Å². The van der Waals surface area contributed by atoms with Gasteiger partial charge in [-0.15, -0.1) is 0 Å². The Bertz CT molecular complexity index is 825. The molecule has 0 bridgehead atoms. The summed E-state index contributed by atoms with van der Waals surface area (Å²) < 4.78 is 77.0. The minimum atomic E-state index is -5.05. The second-order valence-corrected chi connectivity index (χ2v) is 5.51. The van der Waals surface area contributed by atoms with Gasteiger partial charge in [0.1, 0.15) is 0 Å². The zero-order valence-corrected chi connectivity index (χ0v) is 13.6. The first kappa shape index (κ1) is 20.3. The summed E-state index contributed by atoms with van der Waals surface area (Å²) in [5.41, 5.74) is -3.42. The SMILES string of the molecule is CC(=O)Nc1ccc(NC(=O)c2cc(C(F)(F)F)cc(C(F)(F)F)c2)cc1. The van der Waals surface area contributed by atoms with E-state index in [0.29, 0.717) is 17.8 Å². The van der Waals surface area contributed by atoms with Crippen LogP contribution in [0.15, 0.2) is 42.5 Å². The predicted octanol–water partition coefficient (Wildman–Crippen LogP) is 4.93. The summed E-state index contributed by atoms with van der Waals surface area (Å²) in [6, 6.07) is 6.11. The number of benzene rings is 2. The molecule has 0 aliphatic rings. The molecule has 27 heavy (non-hydrogen) atoms. The highest BCUT2D eigenvalue weighted by Crippen LogP contribution is 2.36. The monoisotopic (exact) mass is 390 g/mol. The van der Waals surface area contributed by atoms with Gasteiger partial charge in [-0.2, -0.15) is 26.3 Å². The quantitative estimate of drug-likeness (QED) is 0.730. The first-order chi connectivity index (χ1) is 12.4. The van der Waals surface area contributed by atoms with Gasteiger partial charge in [0, 0.05) is 23.9 Å². The second-order valence-electron chi connectivity index (χ2n) is 5.51. The van der Waals surface area contributed by atoms with Gasteiger partial charge in [-0.25, -0.2) is 0 Å². The Hall–Kier alpha value is -3.04. The van der Waals surface area contributed by atoms with Gasteiger partial charge in [0.2, 0.25) is 5.91 Å². The third kappa shape index (κ3) is 5.47. The summed E-state index contributed by atoms with van der Waals surface area (Å²) in [5.74, 6) is -1.48. The Morgan fingerprint density at radius 2 is 1.15 bits per heavy atom. The molecule has 4 nitrogen and oxygen atoms in total. The van der Waals surface area contributed by atoms with Crippen LogP contribution in [0, 0.1) is 0 Å². The average Bonchev–Trinajstić information content (AvgIpc) is 2.54. The van der Waals surface area contributed by atoms with Gasteiger partial charge in [0.05, 0.1) is 11.1 Å². The summed E-state index contributed by atoms with van der Waals surface area (Å²) in [7, 11) is 0. The number of nitrogens with one attached hydrogen (secondary N) is 2. The average molecular weight is 390 g/mol. The molecule has 0 radical (unpaired) electrons. The third-order valence-corrected chi connectivity index (χ3v) is 3.31. The molecule has 0 atom stereocenters.